The van der Waals surface area contributed by atoms with E-state index in [2.05, 4.69) is 18.8 Å². The Labute approximate surface area is 99.1 Å². The Morgan fingerprint density at radius 1 is 1.67 bits per heavy atom. The molecule has 1 rings (SSSR count). The SMILES string of the molecule is CCC(C)CN(C)c1nc(Cl)c(C=O)s1. The zero-order valence-electron chi connectivity index (χ0n) is 9.16. The van der Waals surface area contributed by atoms with E-state index in [0.29, 0.717) is 15.9 Å². The molecule has 84 valence electrons. The summed E-state index contributed by atoms with van der Waals surface area (Å²) in [6.07, 6.45) is 1.88. The summed E-state index contributed by atoms with van der Waals surface area (Å²) < 4.78 is 0. The van der Waals surface area contributed by atoms with Gasteiger partial charge in [0.2, 0.25) is 0 Å². The quantitative estimate of drug-likeness (QED) is 0.749. The van der Waals surface area contributed by atoms with E-state index in [0.717, 1.165) is 24.4 Å². The van der Waals surface area contributed by atoms with Crippen LogP contribution in [0.3, 0.4) is 0 Å². The van der Waals surface area contributed by atoms with Crippen molar-refractivity contribution < 1.29 is 4.79 Å². The number of aromatic nitrogens is 1. The van der Waals surface area contributed by atoms with Crippen LogP contribution >= 0.6 is 22.9 Å². The molecule has 0 aliphatic rings. The molecule has 1 heterocycles. The molecule has 1 unspecified atom stereocenters. The number of hydrogen-bond acceptors (Lipinski definition) is 4. The topological polar surface area (TPSA) is 33.2 Å². The van der Waals surface area contributed by atoms with Gasteiger partial charge >= 0.3 is 0 Å². The van der Waals surface area contributed by atoms with E-state index in [1.165, 1.54) is 11.3 Å². The zero-order valence-corrected chi connectivity index (χ0v) is 10.7. The molecule has 0 aromatic carbocycles. The lowest BCUT2D eigenvalue weighted by Gasteiger charge is -2.19. The number of halogens is 1. The lowest BCUT2D eigenvalue weighted by Crippen LogP contribution is -2.23. The summed E-state index contributed by atoms with van der Waals surface area (Å²) in [5.74, 6) is 0.609. The van der Waals surface area contributed by atoms with Crippen molar-refractivity contribution in [2.24, 2.45) is 5.92 Å². The molecule has 0 bridgehead atoms. The maximum Gasteiger partial charge on any atom is 0.187 e. The van der Waals surface area contributed by atoms with Gasteiger partial charge < -0.3 is 4.90 Å². The number of rotatable bonds is 5. The van der Waals surface area contributed by atoms with Crippen LogP contribution in [0.25, 0.3) is 0 Å². The summed E-state index contributed by atoms with van der Waals surface area (Å²) in [6, 6.07) is 0. The van der Waals surface area contributed by atoms with Crippen molar-refractivity contribution in [3.05, 3.63) is 10.0 Å². The van der Waals surface area contributed by atoms with E-state index in [4.69, 9.17) is 11.6 Å². The molecule has 3 nitrogen and oxygen atoms in total. The summed E-state index contributed by atoms with van der Waals surface area (Å²) >= 11 is 7.14. The fraction of sp³-hybridized carbons (Fsp3) is 0.600. The third-order valence-corrected chi connectivity index (χ3v) is 3.81. The Balaban J connectivity index is 2.73. The molecular formula is C10H15ClN2OS. The fourth-order valence-electron chi connectivity index (χ4n) is 1.21. The van der Waals surface area contributed by atoms with Crippen LogP contribution in [-0.4, -0.2) is 24.9 Å². The summed E-state index contributed by atoms with van der Waals surface area (Å²) in [5.41, 5.74) is 0. The van der Waals surface area contributed by atoms with Gasteiger partial charge in [0, 0.05) is 13.6 Å². The number of hydrogen-bond donors (Lipinski definition) is 0. The average Bonchev–Trinajstić information content (AvgIpc) is 2.59. The molecule has 1 atom stereocenters. The first-order valence-electron chi connectivity index (χ1n) is 4.91. The smallest absolute Gasteiger partial charge is 0.187 e. The van der Waals surface area contributed by atoms with Gasteiger partial charge in [0.1, 0.15) is 4.88 Å². The largest absolute Gasteiger partial charge is 0.351 e. The van der Waals surface area contributed by atoms with Gasteiger partial charge in [0.25, 0.3) is 0 Å². The molecule has 1 aromatic heterocycles. The Hall–Kier alpha value is -0.610. The first kappa shape index (κ1) is 12.5. The normalized spacial score (nSPS) is 12.5. The molecule has 0 aliphatic heterocycles. The second-order valence-electron chi connectivity index (χ2n) is 3.66. The minimum Gasteiger partial charge on any atom is -0.351 e. The van der Waals surface area contributed by atoms with Crippen LogP contribution in [0.4, 0.5) is 5.13 Å². The Bertz CT molecular complexity index is 340. The Morgan fingerprint density at radius 3 is 2.80 bits per heavy atom. The molecule has 0 aliphatic carbocycles. The predicted molar refractivity (Wildman–Crippen MR) is 65.2 cm³/mol. The number of thiazole rings is 1. The Morgan fingerprint density at radius 2 is 2.33 bits per heavy atom. The summed E-state index contributed by atoms with van der Waals surface area (Å²) in [7, 11) is 1.97. The fourth-order valence-corrected chi connectivity index (χ4v) is 2.25. The standard InChI is InChI=1S/C10H15ClN2OS/c1-4-7(2)5-13(3)10-12-9(11)8(6-14)15-10/h6-7H,4-5H2,1-3H3. The number of carbonyl (C=O) groups excluding carboxylic acids is 1. The van der Waals surface area contributed by atoms with E-state index in [1.54, 1.807) is 0 Å². The van der Waals surface area contributed by atoms with Crippen molar-refractivity contribution >= 4 is 34.4 Å². The van der Waals surface area contributed by atoms with E-state index in [-0.39, 0.29) is 0 Å². The zero-order chi connectivity index (χ0) is 11.4. The molecule has 0 N–H and O–H groups in total. The highest BCUT2D eigenvalue weighted by Crippen LogP contribution is 2.28. The second-order valence-corrected chi connectivity index (χ2v) is 5.03. The van der Waals surface area contributed by atoms with Crippen LogP contribution < -0.4 is 4.90 Å². The minimum absolute atomic E-state index is 0.306. The molecule has 0 saturated carbocycles. The molecule has 0 fully saturated rings. The first-order chi connectivity index (χ1) is 7.08. The van der Waals surface area contributed by atoms with E-state index < -0.39 is 0 Å². The van der Waals surface area contributed by atoms with Gasteiger partial charge in [-0.15, -0.1) is 0 Å². The van der Waals surface area contributed by atoms with Gasteiger partial charge in [-0.3, -0.25) is 4.79 Å². The number of carbonyl (C=O) groups is 1. The van der Waals surface area contributed by atoms with Crippen molar-refractivity contribution in [2.75, 3.05) is 18.5 Å². The molecule has 0 spiro atoms. The summed E-state index contributed by atoms with van der Waals surface area (Å²) in [4.78, 5) is 17.3. The van der Waals surface area contributed by atoms with Crippen LogP contribution in [0.1, 0.15) is 29.9 Å². The van der Waals surface area contributed by atoms with E-state index in [1.807, 2.05) is 11.9 Å². The minimum atomic E-state index is 0.306. The predicted octanol–water partition coefficient (Wildman–Crippen LogP) is 3.09. The average molecular weight is 247 g/mol. The molecule has 5 heteroatoms. The van der Waals surface area contributed by atoms with Crippen molar-refractivity contribution in [1.82, 2.24) is 4.98 Å². The third-order valence-electron chi connectivity index (χ3n) is 2.31. The maximum atomic E-state index is 10.6. The van der Waals surface area contributed by atoms with Crippen LogP contribution in [0.5, 0.6) is 0 Å². The summed E-state index contributed by atoms with van der Waals surface area (Å²) in [5, 5.41) is 1.11. The van der Waals surface area contributed by atoms with Crippen molar-refractivity contribution in [1.29, 1.82) is 0 Å². The van der Waals surface area contributed by atoms with Gasteiger partial charge in [-0.25, -0.2) is 4.98 Å². The van der Waals surface area contributed by atoms with E-state index >= 15 is 0 Å². The van der Waals surface area contributed by atoms with Crippen LogP contribution in [0, 0.1) is 5.92 Å². The lowest BCUT2D eigenvalue weighted by atomic mass is 10.1. The maximum absolute atomic E-state index is 10.6. The monoisotopic (exact) mass is 246 g/mol. The van der Waals surface area contributed by atoms with Crippen LogP contribution in [0.2, 0.25) is 5.15 Å². The van der Waals surface area contributed by atoms with Crippen molar-refractivity contribution in [2.45, 2.75) is 20.3 Å². The molecular weight excluding hydrogens is 232 g/mol. The van der Waals surface area contributed by atoms with Crippen LogP contribution in [0.15, 0.2) is 0 Å². The van der Waals surface area contributed by atoms with E-state index in [9.17, 15) is 4.79 Å². The molecule has 15 heavy (non-hydrogen) atoms. The van der Waals surface area contributed by atoms with Gasteiger partial charge in [-0.1, -0.05) is 43.2 Å². The highest BCUT2D eigenvalue weighted by atomic mass is 35.5. The van der Waals surface area contributed by atoms with Gasteiger partial charge in [0.05, 0.1) is 0 Å². The highest BCUT2D eigenvalue weighted by molar-refractivity contribution is 7.17. The van der Waals surface area contributed by atoms with Crippen molar-refractivity contribution in [3.63, 3.8) is 0 Å². The molecule has 0 saturated heterocycles. The van der Waals surface area contributed by atoms with Gasteiger partial charge in [0.15, 0.2) is 16.6 Å². The first-order valence-corrected chi connectivity index (χ1v) is 6.10. The number of anilines is 1. The van der Waals surface area contributed by atoms with Gasteiger partial charge in [-0.05, 0) is 5.92 Å². The molecule has 0 radical (unpaired) electrons. The number of nitrogens with zero attached hydrogens (tertiary/aromatic N) is 2. The Kier molecular flexibility index (Phi) is 4.54. The third kappa shape index (κ3) is 3.18. The highest BCUT2D eigenvalue weighted by Gasteiger charge is 2.13. The molecule has 0 amide bonds. The molecule has 1 aromatic rings. The van der Waals surface area contributed by atoms with Crippen molar-refractivity contribution in [3.8, 4) is 0 Å². The lowest BCUT2D eigenvalue weighted by molar-refractivity contribution is 0.112. The number of aldehydes is 1. The second kappa shape index (κ2) is 5.47. The summed E-state index contributed by atoms with van der Waals surface area (Å²) in [6.45, 7) is 5.27. The van der Waals surface area contributed by atoms with Crippen LogP contribution in [-0.2, 0) is 0 Å². The van der Waals surface area contributed by atoms with Gasteiger partial charge in [-0.2, -0.15) is 0 Å².